The van der Waals surface area contributed by atoms with Crippen molar-refractivity contribution in [1.29, 1.82) is 0 Å². The maximum atomic E-state index is 11.0. The van der Waals surface area contributed by atoms with Crippen molar-refractivity contribution in [1.82, 2.24) is 4.98 Å². The summed E-state index contributed by atoms with van der Waals surface area (Å²) >= 11 is 0. The van der Waals surface area contributed by atoms with E-state index >= 15 is 0 Å². The van der Waals surface area contributed by atoms with E-state index in [1.54, 1.807) is 12.1 Å². The van der Waals surface area contributed by atoms with Gasteiger partial charge in [-0.05, 0) is 38.0 Å². The second-order valence-corrected chi connectivity index (χ2v) is 4.60. The molecule has 5 nitrogen and oxygen atoms in total. The Kier molecular flexibility index (Phi) is 2.74. The molecule has 1 aromatic heterocycles. The molecule has 5 heteroatoms. The lowest BCUT2D eigenvalue weighted by molar-refractivity contribution is 0.0696. The predicted octanol–water partition coefficient (Wildman–Crippen LogP) is 2.89. The molecule has 1 saturated carbocycles. The molecule has 0 saturated heterocycles. The van der Waals surface area contributed by atoms with E-state index in [1.807, 2.05) is 6.92 Å². The van der Waals surface area contributed by atoms with Crippen LogP contribution in [0.15, 0.2) is 29.0 Å². The van der Waals surface area contributed by atoms with E-state index in [9.17, 15) is 4.79 Å². The van der Waals surface area contributed by atoms with E-state index in [1.165, 1.54) is 12.5 Å². The molecule has 0 atom stereocenters. The van der Waals surface area contributed by atoms with Crippen LogP contribution in [-0.4, -0.2) is 22.2 Å². The molecule has 0 spiro atoms. The zero-order valence-electron chi connectivity index (χ0n) is 10.4. The molecule has 19 heavy (non-hydrogen) atoms. The average Bonchev–Trinajstić information content (AvgIpc) is 3.09. The SMILES string of the molecule is Cc1ncoc1-c1ccc(C(=O)O)cc1OC1CC1. The van der Waals surface area contributed by atoms with Gasteiger partial charge in [-0.15, -0.1) is 0 Å². The third-order valence-electron chi connectivity index (χ3n) is 3.04. The monoisotopic (exact) mass is 259 g/mol. The van der Waals surface area contributed by atoms with Crippen LogP contribution >= 0.6 is 0 Å². The van der Waals surface area contributed by atoms with Crippen molar-refractivity contribution in [2.45, 2.75) is 25.9 Å². The van der Waals surface area contributed by atoms with Crippen LogP contribution in [0.1, 0.15) is 28.9 Å². The maximum absolute atomic E-state index is 11.0. The molecule has 3 rings (SSSR count). The number of rotatable bonds is 4. The number of aromatic nitrogens is 1. The van der Waals surface area contributed by atoms with E-state index in [0.29, 0.717) is 11.5 Å². The first kappa shape index (κ1) is 11.8. The average molecular weight is 259 g/mol. The summed E-state index contributed by atoms with van der Waals surface area (Å²) < 4.78 is 11.1. The minimum absolute atomic E-state index is 0.186. The highest BCUT2D eigenvalue weighted by Gasteiger charge is 2.26. The summed E-state index contributed by atoms with van der Waals surface area (Å²) in [6.45, 7) is 1.84. The largest absolute Gasteiger partial charge is 0.490 e. The van der Waals surface area contributed by atoms with Gasteiger partial charge in [0.1, 0.15) is 5.75 Å². The van der Waals surface area contributed by atoms with Crippen molar-refractivity contribution < 1.29 is 19.1 Å². The molecule has 0 aliphatic heterocycles. The van der Waals surface area contributed by atoms with Crippen molar-refractivity contribution >= 4 is 5.97 Å². The molecular weight excluding hydrogens is 246 g/mol. The lowest BCUT2D eigenvalue weighted by atomic mass is 10.1. The zero-order valence-corrected chi connectivity index (χ0v) is 10.4. The number of nitrogens with zero attached hydrogens (tertiary/aromatic N) is 1. The van der Waals surface area contributed by atoms with Gasteiger partial charge in [-0.25, -0.2) is 9.78 Å². The van der Waals surface area contributed by atoms with Crippen LogP contribution in [0, 0.1) is 6.92 Å². The minimum atomic E-state index is -0.971. The molecule has 1 aliphatic rings. The first-order valence-corrected chi connectivity index (χ1v) is 6.09. The summed E-state index contributed by atoms with van der Waals surface area (Å²) in [5.41, 5.74) is 1.70. The van der Waals surface area contributed by atoms with E-state index in [0.717, 1.165) is 24.1 Å². The first-order chi connectivity index (χ1) is 9.15. The number of hydrogen-bond donors (Lipinski definition) is 1. The highest BCUT2D eigenvalue weighted by molar-refractivity contribution is 5.89. The Hall–Kier alpha value is -2.30. The molecule has 0 unspecified atom stereocenters. The number of carboxylic acids is 1. The molecule has 1 fully saturated rings. The topological polar surface area (TPSA) is 72.6 Å². The Morgan fingerprint density at radius 3 is 2.84 bits per heavy atom. The summed E-state index contributed by atoms with van der Waals surface area (Å²) in [6.07, 6.45) is 3.57. The lowest BCUT2D eigenvalue weighted by Gasteiger charge is -2.10. The van der Waals surface area contributed by atoms with Gasteiger partial charge in [0.25, 0.3) is 0 Å². The first-order valence-electron chi connectivity index (χ1n) is 6.09. The maximum Gasteiger partial charge on any atom is 0.335 e. The summed E-state index contributed by atoms with van der Waals surface area (Å²) in [6, 6.07) is 4.78. The minimum Gasteiger partial charge on any atom is -0.490 e. The molecule has 1 aromatic carbocycles. The number of carbonyl (C=O) groups is 1. The van der Waals surface area contributed by atoms with Crippen molar-refractivity contribution in [3.05, 3.63) is 35.9 Å². The Labute approximate surface area is 109 Å². The van der Waals surface area contributed by atoms with Crippen LogP contribution < -0.4 is 4.74 Å². The third kappa shape index (κ3) is 2.31. The number of carboxylic acid groups (broad SMARTS) is 1. The molecule has 1 aliphatic carbocycles. The number of aromatic carboxylic acids is 1. The van der Waals surface area contributed by atoms with Gasteiger partial charge in [0, 0.05) is 0 Å². The molecule has 1 heterocycles. The fourth-order valence-corrected chi connectivity index (χ4v) is 1.87. The quantitative estimate of drug-likeness (QED) is 0.913. The Bertz CT molecular complexity index is 628. The van der Waals surface area contributed by atoms with Gasteiger partial charge in [-0.3, -0.25) is 0 Å². The van der Waals surface area contributed by atoms with Crippen LogP contribution in [0.2, 0.25) is 0 Å². The molecule has 0 amide bonds. The van der Waals surface area contributed by atoms with Crippen molar-refractivity contribution in [2.24, 2.45) is 0 Å². The summed E-state index contributed by atoms with van der Waals surface area (Å²) in [5.74, 6) is 0.191. The Morgan fingerprint density at radius 2 is 2.26 bits per heavy atom. The van der Waals surface area contributed by atoms with Gasteiger partial charge in [0.2, 0.25) is 0 Å². The fourth-order valence-electron chi connectivity index (χ4n) is 1.87. The van der Waals surface area contributed by atoms with Gasteiger partial charge >= 0.3 is 5.97 Å². The smallest absolute Gasteiger partial charge is 0.335 e. The second kappa shape index (κ2) is 4.42. The number of aryl methyl sites for hydroxylation is 1. The van der Waals surface area contributed by atoms with E-state index in [4.69, 9.17) is 14.3 Å². The van der Waals surface area contributed by atoms with E-state index in [-0.39, 0.29) is 11.7 Å². The number of oxazole rings is 1. The normalized spacial score (nSPS) is 14.4. The highest BCUT2D eigenvalue weighted by Crippen LogP contribution is 2.36. The van der Waals surface area contributed by atoms with Gasteiger partial charge in [0.15, 0.2) is 12.2 Å². The summed E-state index contributed by atoms with van der Waals surface area (Å²) in [4.78, 5) is 15.1. The van der Waals surface area contributed by atoms with Gasteiger partial charge < -0.3 is 14.3 Å². The van der Waals surface area contributed by atoms with Crippen molar-refractivity contribution in [2.75, 3.05) is 0 Å². The third-order valence-corrected chi connectivity index (χ3v) is 3.04. The molecular formula is C14H13NO4. The van der Waals surface area contributed by atoms with Crippen LogP contribution in [0.5, 0.6) is 5.75 Å². The molecule has 1 N–H and O–H groups in total. The highest BCUT2D eigenvalue weighted by atomic mass is 16.5. The summed E-state index contributed by atoms with van der Waals surface area (Å²) in [7, 11) is 0. The molecule has 2 aromatic rings. The Morgan fingerprint density at radius 1 is 1.47 bits per heavy atom. The number of benzene rings is 1. The van der Waals surface area contributed by atoms with Crippen molar-refractivity contribution in [3.8, 4) is 17.1 Å². The van der Waals surface area contributed by atoms with Gasteiger partial charge in [-0.2, -0.15) is 0 Å². The van der Waals surface area contributed by atoms with E-state index in [2.05, 4.69) is 4.98 Å². The second-order valence-electron chi connectivity index (χ2n) is 4.60. The number of ether oxygens (including phenoxy) is 1. The van der Waals surface area contributed by atoms with Gasteiger partial charge in [-0.1, -0.05) is 0 Å². The predicted molar refractivity (Wildman–Crippen MR) is 67.3 cm³/mol. The van der Waals surface area contributed by atoms with E-state index < -0.39 is 5.97 Å². The number of hydrogen-bond acceptors (Lipinski definition) is 4. The molecule has 0 bridgehead atoms. The van der Waals surface area contributed by atoms with Gasteiger partial charge in [0.05, 0.1) is 22.9 Å². The standard InChI is InChI=1S/C14H13NO4/c1-8-13(18-7-15-8)11-5-2-9(14(16)17)6-12(11)19-10-3-4-10/h2,5-7,10H,3-4H2,1H3,(H,16,17). The van der Waals surface area contributed by atoms with Crippen molar-refractivity contribution in [3.63, 3.8) is 0 Å². The zero-order chi connectivity index (χ0) is 13.4. The van der Waals surface area contributed by atoms with Crippen LogP contribution in [0.3, 0.4) is 0 Å². The van der Waals surface area contributed by atoms with Crippen LogP contribution in [0.4, 0.5) is 0 Å². The molecule has 0 radical (unpaired) electrons. The van der Waals surface area contributed by atoms with Crippen LogP contribution in [-0.2, 0) is 0 Å². The fraction of sp³-hybridized carbons (Fsp3) is 0.286. The summed E-state index contributed by atoms with van der Waals surface area (Å²) in [5, 5.41) is 9.04. The van der Waals surface area contributed by atoms with Crippen LogP contribution in [0.25, 0.3) is 11.3 Å². The Balaban J connectivity index is 2.06. The lowest BCUT2D eigenvalue weighted by Crippen LogP contribution is -2.02. The molecule has 98 valence electrons.